The smallest absolute Gasteiger partial charge is 0.490 e. The molecule has 3 aromatic rings. The number of likely N-dealkylation sites (tertiary alicyclic amines) is 1. The standard InChI is InChI=1S/C26H33N3O3.C2HF3O2/c1-30-24-17-21-23(18-25(24)32-14-6-13-29-11-4-5-12-29)28-22-8-3-2-7-20(22)26(21)27-19-9-15-31-16-10-19;3-2(4,5)1(6)7/h2-3,7-8,17-19H,4-6,9-16H2,1H3,(H,27,28);(H,6,7). The van der Waals surface area contributed by atoms with E-state index in [4.69, 9.17) is 29.1 Å². The molecular weight excluding hydrogens is 515 g/mol. The van der Waals surface area contributed by atoms with Crippen LogP contribution in [0.1, 0.15) is 32.1 Å². The number of carbonyl (C=O) groups is 1. The molecule has 2 aromatic carbocycles. The van der Waals surface area contributed by atoms with Crippen molar-refractivity contribution in [1.29, 1.82) is 0 Å². The number of nitrogens with one attached hydrogen (secondary N) is 1. The van der Waals surface area contributed by atoms with Crippen LogP contribution in [0.5, 0.6) is 11.5 Å². The number of methoxy groups -OCH3 is 1. The molecule has 0 saturated carbocycles. The number of ether oxygens (including phenoxy) is 3. The Labute approximate surface area is 225 Å². The molecule has 0 spiro atoms. The Kier molecular flexibility index (Phi) is 9.68. The predicted octanol–water partition coefficient (Wildman–Crippen LogP) is 5.49. The first-order valence-electron chi connectivity index (χ1n) is 13.2. The van der Waals surface area contributed by atoms with Crippen LogP contribution < -0.4 is 14.8 Å². The third-order valence-corrected chi connectivity index (χ3v) is 6.85. The van der Waals surface area contributed by atoms with Crippen molar-refractivity contribution in [1.82, 2.24) is 9.88 Å². The summed E-state index contributed by atoms with van der Waals surface area (Å²) in [5.74, 6) is -1.24. The van der Waals surface area contributed by atoms with E-state index in [1.807, 2.05) is 12.1 Å². The topological polar surface area (TPSA) is 93.2 Å². The highest BCUT2D eigenvalue weighted by Crippen LogP contribution is 2.39. The number of carboxylic acid groups (broad SMARTS) is 1. The number of alkyl halides is 3. The number of nitrogens with zero attached hydrogens (tertiary/aromatic N) is 2. The van der Waals surface area contributed by atoms with Crippen molar-refractivity contribution in [2.75, 3.05) is 51.9 Å². The maximum Gasteiger partial charge on any atom is 0.490 e. The molecule has 0 radical (unpaired) electrons. The SMILES string of the molecule is COc1cc2c(NC3CCOCC3)c3ccccc3nc2cc1OCCCN1CCCC1.O=C(O)C(F)(F)F. The van der Waals surface area contributed by atoms with Crippen LogP contribution in [0.15, 0.2) is 36.4 Å². The van der Waals surface area contributed by atoms with Crippen LogP contribution in [-0.4, -0.2) is 79.7 Å². The summed E-state index contributed by atoms with van der Waals surface area (Å²) in [5, 5.41) is 13.1. The lowest BCUT2D eigenvalue weighted by atomic mass is 10.0. The Hall–Kier alpha value is -3.31. The number of rotatable bonds is 8. The molecule has 2 aliphatic rings. The summed E-state index contributed by atoms with van der Waals surface area (Å²) in [6.45, 7) is 5.82. The van der Waals surface area contributed by atoms with Crippen molar-refractivity contribution < 1.29 is 37.3 Å². The van der Waals surface area contributed by atoms with Crippen LogP contribution >= 0.6 is 0 Å². The van der Waals surface area contributed by atoms with Gasteiger partial charge in [-0.1, -0.05) is 18.2 Å². The van der Waals surface area contributed by atoms with E-state index in [1.54, 1.807) is 7.11 Å². The minimum atomic E-state index is -5.08. The molecule has 0 aliphatic carbocycles. The Balaban J connectivity index is 0.000000448. The van der Waals surface area contributed by atoms with Gasteiger partial charge in [-0.25, -0.2) is 9.78 Å². The Morgan fingerprint density at radius 3 is 2.46 bits per heavy atom. The molecule has 8 nitrogen and oxygen atoms in total. The van der Waals surface area contributed by atoms with Gasteiger partial charge in [-0.05, 0) is 57.3 Å². The zero-order chi connectivity index (χ0) is 27.8. The molecule has 39 heavy (non-hydrogen) atoms. The van der Waals surface area contributed by atoms with Crippen LogP contribution in [-0.2, 0) is 9.53 Å². The van der Waals surface area contributed by atoms with E-state index in [-0.39, 0.29) is 0 Å². The summed E-state index contributed by atoms with van der Waals surface area (Å²) in [7, 11) is 1.71. The number of para-hydroxylation sites is 1. The fourth-order valence-electron chi connectivity index (χ4n) is 4.85. The molecule has 1 aromatic heterocycles. The minimum Gasteiger partial charge on any atom is -0.493 e. The Bertz CT molecular complexity index is 1260. The number of anilines is 1. The molecule has 2 fully saturated rings. The molecule has 2 aliphatic heterocycles. The lowest BCUT2D eigenvalue weighted by molar-refractivity contribution is -0.192. The van der Waals surface area contributed by atoms with Crippen molar-refractivity contribution in [2.45, 2.75) is 44.3 Å². The first-order valence-corrected chi connectivity index (χ1v) is 13.2. The van der Waals surface area contributed by atoms with Gasteiger partial charge in [-0.2, -0.15) is 13.2 Å². The fourth-order valence-corrected chi connectivity index (χ4v) is 4.85. The average Bonchev–Trinajstić information content (AvgIpc) is 3.45. The van der Waals surface area contributed by atoms with Crippen LogP contribution in [0.2, 0.25) is 0 Å². The van der Waals surface area contributed by atoms with Gasteiger partial charge in [0.25, 0.3) is 0 Å². The zero-order valence-electron chi connectivity index (χ0n) is 21.9. The summed E-state index contributed by atoms with van der Waals surface area (Å²) < 4.78 is 49.2. The molecule has 2 saturated heterocycles. The maximum absolute atomic E-state index is 10.6. The van der Waals surface area contributed by atoms with Gasteiger partial charge in [0.15, 0.2) is 11.5 Å². The van der Waals surface area contributed by atoms with Gasteiger partial charge >= 0.3 is 12.1 Å². The summed E-state index contributed by atoms with van der Waals surface area (Å²) in [4.78, 5) is 16.4. The van der Waals surface area contributed by atoms with Gasteiger partial charge in [0.2, 0.25) is 0 Å². The molecule has 0 amide bonds. The van der Waals surface area contributed by atoms with Gasteiger partial charge < -0.3 is 29.5 Å². The summed E-state index contributed by atoms with van der Waals surface area (Å²) in [6, 6.07) is 12.8. The van der Waals surface area contributed by atoms with E-state index in [2.05, 4.69) is 34.5 Å². The number of hydrogen-bond donors (Lipinski definition) is 2. The lowest BCUT2D eigenvalue weighted by Gasteiger charge is -2.26. The minimum absolute atomic E-state index is 0.394. The summed E-state index contributed by atoms with van der Waals surface area (Å²) >= 11 is 0. The molecule has 2 N–H and O–H groups in total. The van der Waals surface area contributed by atoms with Crippen molar-refractivity contribution in [3.05, 3.63) is 36.4 Å². The fraction of sp³-hybridized carbons (Fsp3) is 0.500. The molecular formula is C28H34F3N3O5. The molecule has 0 atom stereocenters. The second-order valence-electron chi connectivity index (χ2n) is 9.61. The second kappa shape index (κ2) is 13.2. The number of aromatic nitrogens is 1. The predicted molar refractivity (Wildman–Crippen MR) is 143 cm³/mol. The Morgan fingerprint density at radius 2 is 1.79 bits per heavy atom. The van der Waals surface area contributed by atoms with Gasteiger partial charge in [-0.3, -0.25) is 0 Å². The number of fused-ring (bicyclic) bond motifs is 2. The molecule has 212 valence electrons. The second-order valence-corrected chi connectivity index (χ2v) is 9.61. The van der Waals surface area contributed by atoms with Crippen molar-refractivity contribution in [3.63, 3.8) is 0 Å². The van der Waals surface area contributed by atoms with E-state index >= 15 is 0 Å². The van der Waals surface area contributed by atoms with Gasteiger partial charge in [0.1, 0.15) is 0 Å². The van der Waals surface area contributed by atoms with E-state index in [0.29, 0.717) is 12.6 Å². The van der Waals surface area contributed by atoms with Crippen molar-refractivity contribution >= 4 is 33.5 Å². The largest absolute Gasteiger partial charge is 0.493 e. The van der Waals surface area contributed by atoms with E-state index in [1.165, 1.54) is 25.9 Å². The van der Waals surface area contributed by atoms with Crippen LogP contribution in [0.3, 0.4) is 0 Å². The highest BCUT2D eigenvalue weighted by Gasteiger charge is 2.38. The maximum atomic E-state index is 10.6. The molecule has 11 heteroatoms. The molecule has 0 unspecified atom stereocenters. The molecule has 3 heterocycles. The highest BCUT2D eigenvalue weighted by molar-refractivity contribution is 6.08. The highest BCUT2D eigenvalue weighted by atomic mass is 19.4. The molecule has 5 rings (SSSR count). The summed E-state index contributed by atoms with van der Waals surface area (Å²) in [5.41, 5.74) is 3.03. The number of hydrogen-bond acceptors (Lipinski definition) is 7. The number of carboxylic acids is 1. The number of pyridine rings is 1. The number of aliphatic carboxylic acids is 1. The molecule has 0 bridgehead atoms. The van der Waals surface area contributed by atoms with Gasteiger partial charge in [-0.15, -0.1) is 0 Å². The van der Waals surface area contributed by atoms with Gasteiger partial charge in [0, 0.05) is 42.6 Å². The van der Waals surface area contributed by atoms with E-state index in [0.717, 1.165) is 78.0 Å². The average molecular weight is 550 g/mol. The van der Waals surface area contributed by atoms with E-state index < -0.39 is 12.1 Å². The van der Waals surface area contributed by atoms with E-state index in [9.17, 15) is 13.2 Å². The zero-order valence-corrected chi connectivity index (χ0v) is 21.9. The first kappa shape index (κ1) is 28.7. The third kappa shape index (κ3) is 7.63. The summed E-state index contributed by atoms with van der Waals surface area (Å²) in [6.07, 6.45) is 0.594. The van der Waals surface area contributed by atoms with Gasteiger partial charge in [0.05, 0.1) is 30.4 Å². The first-order chi connectivity index (χ1) is 18.8. The quantitative estimate of drug-likeness (QED) is 0.282. The normalized spacial score (nSPS) is 16.6. The number of halogens is 3. The number of benzene rings is 2. The van der Waals surface area contributed by atoms with Crippen molar-refractivity contribution in [3.8, 4) is 11.5 Å². The van der Waals surface area contributed by atoms with Crippen LogP contribution in [0.4, 0.5) is 18.9 Å². The Morgan fingerprint density at radius 1 is 1.10 bits per heavy atom. The monoisotopic (exact) mass is 549 g/mol. The lowest BCUT2D eigenvalue weighted by Crippen LogP contribution is -2.28. The van der Waals surface area contributed by atoms with Crippen LogP contribution in [0, 0.1) is 0 Å². The third-order valence-electron chi connectivity index (χ3n) is 6.85. The van der Waals surface area contributed by atoms with Crippen LogP contribution in [0.25, 0.3) is 21.8 Å². The van der Waals surface area contributed by atoms with Crippen molar-refractivity contribution in [2.24, 2.45) is 0 Å².